The highest BCUT2D eigenvalue weighted by atomic mass is 16.6. The van der Waals surface area contributed by atoms with Crippen LogP contribution in [0.1, 0.15) is 44.2 Å². The van der Waals surface area contributed by atoms with Crippen LogP contribution in [0.15, 0.2) is 60.7 Å². The topological polar surface area (TPSA) is 79.3 Å². The maximum atomic E-state index is 13.1. The van der Waals surface area contributed by atoms with Crippen LogP contribution in [0, 0.1) is 5.92 Å². The molecule has 1 aliphatic rings. The SMILES string of the molecule is CC(C)C[C@@H]1CN(C(=O)OCc2ccccc2)[C@@H](CCCO)CN1C(=O)OCc1ccccc1. The normalized spacial score (nSPS) is 18.1. The first-order chi connectivity index (χ1) is 16.5. The molecule has 184 valence electrons. The molecule has 1 saturated heterocycles. The van der Waals surface area contributed by atoms with Crippen molar-refractivity contribution >= 4 is 12.2 Å². The van der Waals surface area contributed by atoms with Crippen LogP contribution < -0.4 is 0 Å². The molecule has 0 aromatic heterocycles. The molecule has 7 heteroatoms. The Morgan fingerprint density at radius 1 is 0.853 bits per heavy atom. The summed E-state index contributed by atoms with van der Waals surface area (Å²) in [7, 11) is 0. The Bertz CT molecular complexity index is 890. The van der Waals surface area contributed by atoms with E-state index in [2.05, 4.69) is 13.8 Å². The number of carbonyl (C=O) groups is 2. The van der Waals surface area contributed by atoms with Crippen LogP contribution in [0.5, 0.6) is 0 Å². The average Bonchev–Trinajstić information content (AvgIpc) is 2.85. The van der Waals surface area contributed by atoms with Crippen LogP contribution in [0.3, 0.4) is 0 Å². The van der Waals surface area contributed by atoms with Crippen molar-refractivity contribution in [3.63, 3.8) is 0 Å². The van der Waals surface area contributed by atoms with Gasteiger partial charge in [-0.15, -0.1) is 0 Å². The number of aliphatic hydroxyl groups is 1. The van der Waals surface area contributed by atoms with E-state index in [1.165, 1.54) is 0 Å². The molecule has 0 saturated carbocycles. The van der Waals surface area contributed by atoms with Crippen molar-refractivity contribution in [2.24, 2.45) is 5.92 Å². The van der Waals surface area contributed by atoms with Gasteiger partial charge in [-0.1, -0.05) is 74.5 Å². The first-order valence-corrected chi connectivity index (χ1v) is 12.0. The maximum absolute atomic E-state index is 13.1. The third-order valence-corrected chi connectivity index (χ3v) is 6.01. The molecule has 3 rings (SSSR count). The molecular weight excluding hydrogens is 432 g/mol. The first kappa shape index (κ1) is 25.6. The lowest BCUT2D eigenvalue weighted by molar-refractivity contribution is 0.000426. The Labute approximate surface area is 202 Å². The minimum Gasteiger partial charge on any atom is -0.445 e. The molecule has 0 aliphatic carbocycles. The van der Waals surface area contributed by atoms with Gasteiger partial charge in [0, 0.05) is 19.7 Å². The summed E-state index contributed by atoms with van der Waals surface area (Å²) in [5.74, 6) is 0.339. The highest BCUT2D eigenvalue weighted by Gasteiger charge is 2.39. The van der Waals surface area contributed by atoms with E-state index in [1.807, 2.05) is 60.7 Å². The van der Waals surface area contributed by atoms with Gasteiger partial charge in [0.05, 0.1) is 12.1 Å². The van der Waals surface area contributed by atoms with Gasteiger partial charge in [0.1, 0.15) is 13.2 Å². The minimum atomic E-state index is -0.391. The molecule has 2 amide bonds. The van der Waals surface area contributed by atoms with Crippen LogP contribution in [0.2, 0.25) is 0 Å². The molecule has 1 heterocycles. The monoisotopic (exact) mass is 468 g/mol. The molecule has 2 aromatic rings. The zero-order valence-electron chi connectivity index (χ0n) is 20.1. The van der Waals surface area contributed by atoms with E-state index in [0.29, 0.717) is 31.8 Å². The number of aliphatic hydroxyl groups excluding tert-OH is 1. The summed E-state index contributed by atoms with van der Waals surface area (Å²) in [4.78, 5) is 29.6. The summed E-state index contributed by atoms with van der Waals surface area (Å²) in [6.07, 6.45) is 1.09. The largest absolute Gasteiger partial charge is 0.445 e. The quantitative estimate of drug-likeness (QED) is 0.570. The smallest absolute Gasteiger partial charge is 0.410 e. The van der Waals surface area contributed by atoms with Crippen molar-refractivity contribution in [1.29, 1.82) is 0 Å². The van der Waals surface area contributed by atoms with Crippen molar-refractivity contribution in [3.05, 3.63) is 71.8 Å². The van der Waals surface area contributed by atoms with E-state index in [1.54, 1.807) is 9.80 Å². The van der Waals surface area contributed by atoms with Crippen LogP contribution in [-0.4, -0.2) is 58.9 Å². The van der Waals surface area contributed by atoms with Crippen molar-refractivity contribution in [2.75, 3.05) is 19.7 Å². The van der Waals surface area contributed by atoms with Crippen LogP contribution in [0.25, 0.3) is 0 Å². The van der Waals surface area contributed by atoms with Gasteiger partial charge in [-0.2, -0.15) is 0 Å². The third-order valence-electron chi connectivity index (χ3n) is 6.01. The molecule has 1 aliphatic heterocycles. The van der Waals surface area contributed by atoms with Crippen molar-refractivity contribution in [1.82, 2.24) is 9.80 Å². The summed E-state index contributed by atoms with van der Waals surface area (Å²) < 4.78 is 11.3. The Morgan fingerprint density at radius 3 is 1.79 bits per heavy atom. The van der Waals surface area contributed by atoms with Gasteiger partial charge in [-0.3, -0.25) is 0 Å². The fraction of sp³-hybridized carbons (Fsp3) is 0.481. The third kappa shape index (κ3) is 7.48. The number of carbonyl (C=O) groups excluding carboxylic acids is 2. The lowest BCUT2D eigenvalue weighted by atomic mass is 9.96. The number of nitrogens with zero attached hydrogens (tertiary/aromatic N) is 2. The van der Waals surface area contributed by atoms with Gasteiger partial charge in [-0.05, 0) is 36.3 Å². The van der Waals surface area contributed by atoms with Gasteiger partial charge in [0.25, 0.3) is 0 Å². The maximum Gasteiger partial charge on any atom is 0.410 e. The van der Waals surface area contributed by atoms with Gasteiger partial charge in [0.15, 0.2) is 0 Å². The van der Waals surface area contributed by atoms with Gasteiger partial charge in [0.2, 0.25) is 0 Å². The Kier molecular flexibility index (Phi) is 9.76. The zero-order valence-corrected chi connectivity index (χ0v) is 20.1. The second-order valence-electron chi connectivity index (χ2n) is 9.19. The highest BCUT2D eigenvalue weighted by molar-refractivity contribution is 5.71. The van der Waals surface area contributed by atoms with E-state index >= 15 is 0 Å². The minimum absolute atomic E-state index is 0.0251. The lowest BCUT2D eigenvalue weighted by Gasteiger charge is -2.45. The van der Waals surface area contributed by atoms with Gasteiger partial charge < -0.3 is 24.4 Å². The number of ether oxygens (including phenoxy) is 2. The molecule has 0 unspecified atom stereocenters. The van der Waals surface area contributed by atoms with Crippen LogP contribution >= 0.6 is 0 Å². The number of amides is 2. The summed E-state index contributed by atoms with van der Waals surface area (Å²) in [5, 5.41) is 9.39. The fourth-order valence-corrected chi connectivity index (χ4v) is 4.32. The molecule has 2 atom stereocenters. The van der Waals surface area contributed by atoms with Crippen molar-refractivity contribution in [2.45, 2.75) is 58.4 Å². The predicted octanol–water partition coefficient (Wildman–Crippen LogP) is 4.83. The second-order valence-corrected chi connectivity index (χ2v) is 9.19. The number of piperazine rings is 1. The number of hydrogen-bond acceptors (Lipinski definition) is 5. The Hall–Kier alpha value is -3.06. The molecule has 1 fully saturated rings. The lowest BCUT2D eigenvalue weighted by Crippen LogP contribution is -2.61. The standard InChI is InChI=1S/C27H36N2O5/c1-21(2)16-25-18-28(26(31)33-19-22-10-5-3-6-11-22)24(14-9-15-30)17-29(25)27(32)34-20-23-12-7-4-8-13-23/h3-8,10-13,21,24-25,30H,9,14-20H2,1-2H3/t24-,25+/m0/s1. The first-order valence-electron chi connectivity index (χ1n) is 12.0. The van der Waals surface area contributed by atoms with E-state index in [-0.39, 0.29) is 38.0 Å². The molecule has 34 heavy (non-hydrogen) atoms. The highest BCUT2D eigenvalue weighted by Crippen LogP contribution is 2.25. The Balaban J connectivity index is 1.70. The summed E-state index contributed by atoms with van der Waals surface area (Å²) in [6, 6.07) is 18.7. The summed E-state index contributed by atoms with van der Waals surface area (Å²) in [6.45, 7) is 5.35. The molecular formula is C27H36N2O5. The van der Waals surface area contributed by atoms with E-state index < -0.39 is 6.09 Å². The predicted molar refractivity (Wildman–Crippen MR) is 130 cm³/mol. The van der Waals surface area contributed by atoms with Crippen LogP contribution in [0.4, 0.5) is 9.59 Å². The van der Waals surface area contributed by atoms with Crippen molar-refractivity contribution < 1.29 is 24.2 Å². The van der Waals surface area contributed by atoms with Gasteiger partial charge >= 0.3 is 12.2 Å². The molecule has 2 aromatic carbocycles. The fourth-order valence-electron chi connectivity index (χ4n) is 4.32. The van der Waals surface area contributed by atoms with Crippen molar-refractivity contribution in [3.8, 4) is 0 Å². The molecule has 0 bridgehead atoms. The molecule has 1 N–H and O–H groups in total. The van der Waals surface area contributed by atoms with Crippen LogP contribution in [-0.2, 0) is 22.7 Å². The molecule has 0 spiro atoms. The summed E-state index contributed by atoms with van der Waals surface area (Å²) in [5.41, 5.74) is 1.85. The summed E-state index contributed by atoms with van der Waals surface area (Å²) >= 11 is 0. The second kappa shape index (κ2) is 13.0. The van der Waals surface area contributed by atoms with E-state index in [0.717, 1.165) is 17.5 Å². The number of hydrogen-bond donors (Lipinski definition) is 1. The van der Waals surface area contributed by atoms with E-state index in [9.17, 15) is 14.7 Å². The average molecular weight is 469 g/mol. The Morgan fingerprint density at radius 2 is 1.32 bits per heavy atom. The van der Waals surface area contributed by atoms with Gasteiger partial charge in [-0.25, -0.2) is 9.59 Å². The molecule has 7 nitrogen and oxygen atoms in total. The zero-order chi connectivity index (χ0) is 24.3. The number of rotatable bonds is 9. The number of benzene rings is 2. The molecule has 0 radical (unpaired) electrons. The van der Waals surface area contributed by atoms with E-state index in [4.69, 9.17) is 9.47 Å².